The van der Waals surface area contributed by atoms with Crippen LogP contribution in [0.3, 0.4) is 0 Å². The highest BCUT2D eigenvalue weighted by Gasteiger charge is 2.22. The largest absolute Gasteiger partial charge is 0.493 e. The summed E-state index contributed by atoms with van der Waals surface area (Å²) in [6, 6.07) is 17.1. The van der Waals surface area contributed by atoms with Crippen molar-refractivity contribution in [1.82, 2.24) is 9.97 Å². The Hall–Kier alpha value is -3.41. The molecule has 6 heteroatoms. The summed E-state index contributed by atoms with van der Waals surface area (Å²) in [7, 11) is 0. The van der Waals surface area contributed by atoms with E-state index in [4.69, 9.17) is 9.72 Å². The van der Waals surface area contributed by atoms with Crippen molar-refractivity contribution in [2.45, 2.75) is 33.1 Å². The molecule has 1 aliphatic rings. The summed E-state index contributed by atoms with van der Waals surface area (Å²) < 4.78 is 5.81. The first-order valence-corrected chi connectivity index (χ1v) is 11.3. The molecule has 0 radical (unpaired) electrons. The van der Waals surface area contributed by atoms with E-state index in [1.165, 1.54) is 0 Å². The number of hydrogen-bond acceptors (Lipinski definition) is 5. The van der Waals surface area contributed by atoms with E-state index in [1.807, 2.05) is 61.5 Å². The lowest BCUT2D eigenvalue weighted by atomic mass is 9.99. The number of hydrogen-bond donors (Lipinski definition) is 1. The minimum Gasteiger partial charge on any atom is -0.493 e. The number of piperidine rings is 1. The number of carbonyl (C=O) groups is 1. The van der Waals surface area contributed by atoms with Gasteiger partial charge in [0.1, 0.15) is 11.6 Å². The van der Waals surface area contributed by atoms with Crippen molar-refractivity contribution in [2.75, 3.05) is 29.9 Å². The maximum Gasteiger partial charge on any atom is 0.259 e. The third-order valence-electron chi connectivity index (χ3n) is 5.81. The molecule has 0 aliphatic carbocycles. The molecule has 2 aromatic heterocycles. The van der Waals surface area contributed by atoms with Gasteiger partial charge in [-0.25, -0.2) is 4.98 Å². The Bertz CT molecular complexity index is 1030. The van der Waals surface area contributed by atoms with Crippen LogP contribution in [-0.4, -0.2) is 35.6 Å². The lowest BCUT2D eigenvalue weighted by molar-refractivity contribution is 0.102. The molecule has 0 bridgehead atoms. The van der Waals surface area contributed by atoms with Crippen molar-refractivity contribution in [3.8, 4) is 5.75 Å². The minimum atomic E-state index is -0.144. The summed E-state index contributed by atoms with van der Waals surface area (Å²) >= 11 is 0. The highest BCUT2D eigenvalue weighted by molar-refractivity contribution is 6.07. The maximum atomic E-state index is 13.1. The molecule has 0 spiro atoms. The van der Waals surface area contributed by atoms with Crippen LogP contribution in [-0.2, 0) is 6.42 Å². The average molecular weight is 431 g/mol. The summed E-state index contributed by atoms with van der Waals surface area (Å²) in [6.45, 7) is 6.66. The molecule has 166 valence electrons. The van der Waals surface area contributed by atoms with Gasteiger partial charge in [-0.2, -0.15) is 0 Å². The number of aryl methyl sites for hydroxylation is 1. The van der Waals surface area contributed by atoms with Crippen LogP contribution in [0.2, 0.25) is 0 Å². The van der Waals surface area contributed by atoms with Crippen LogP contribution in [0, 0.1) is 12.8 Å². The van der Waals surface area contributed by atoms with Gasteiger partial charge < -0.3 is 15.0 Å². The van der Waals surface area contributed by atoms with Crippen LogP contribution < -0.4 is 15.0 Å². The number of rotatable bonds is 7. The van der Waals surface area contributed by atoms with E-state index >= 15 is 0 Å². The number of carbonyl (C=O) groups excluding carboxylic acids is 1. The SMILES string of the molecule is Cc1ccc(C(=O)Nc2ccc(OCCc3ccccn3)cc2)c(N2CCC(C)CC2)n1. The summed E-state index contributed by atoms with van der Waals surface area (Å²) in [6.07, 6.45) is 4.78. The molecule has 6 nitrogen and oxygen atoms in total. The van der Waals surface area contributed by atoms with E-state index in [0.29, 0.717) is 12.2 Å². The summed E-state index contributed by atoms with van der Waals surface area (Å²) in [5, 5.41) is 3.00. The lowest BCUT2D eigenvalue weighted by Gasteiger charge is -2.32. The summed E-state index contributed by atoms with van der Waals surface area (Å²) in [5.74, 6) is 2.12. The van der Waals surface area contributed by atoms with Crippen molar-refractivity contribution >= 4 is 17.4 Å². The molecule has 1 N–H and O–H groups in total. The van der Waals surface area contributed by atoms with Crippen molar-refractivity contribution < 1.29 is 9.53 Å². The normalized spacial score (nSPS) is 14.2. The van der Waals surface area contributed by atoms with Crippen molar-refractivity contribution in [3.05, 3.63) is 77.7 Å². The number of benzene rings is 1. The number of aromatic nitrogens is 2. The van der Waals surface area contributed by atoms with Gasteiger partial charge in [0.05, 0.1) is 12.2 Å². The average Bonchev–Trinajstić information content (AvgIpc) is 2.81. The molecule has 3 aromatic rings. The van der Waals surface area contributed by atoms with E-state index in [0.717, 1.165) is 66.9 Å². The zero-order valence-electron chi connectivity index (χ0n) is 18.8. The molecule has 1 amide bonds. The Morgan fingerprint density at radius 1 is 1.09 bits per heavy atom. The molecule has 0 atom stereocenters. The van der Waals surface area contributed by atoms with Gasteiger partial charge in [-0.3, -0.25) is 9.78 Å². The van der Waals surface area contributed by atoms with Gasteiger partial charge in [-0.05, 0) is 74.2 Å². The zero-order chi connectivity index (χ0) is 22.3. The number of ether oxygens (including phenoxy) is 1. The minimum absolute atomic E-state index is 0.144. The van der Waals surface area contributed by atoms with E-state index in [-0.39, 0.29) is 5.91 Å². The second-order valence-corrected chi connectivity index (χ2v) is 8.39. The fraction of sp³-hybridized carbons (Fsp3) is 0.346. The number of amides is 1. The molecule has 3 heterocycles. The summed E-state index contributed by atoms with van der Waals surface area (Å²) in [4.78, 5) is 24.3. The zero-order valence-corrected chi connectivity index (χ0v) is 18.8. The molecule has 1 fully saturated rings. The van der Waals surface area contributed by atoms with Gasteiger partial charge in [0.15, 0.2) is 0 Å². The Morgan fingerprint density at radius 2 is 1.88 bits per heavy atom. The Kier molecular flexibility index (Phi) is 7.00. The number of pyridine rings is 2. The van der Waals surface area contributed by atoms with E-state index in [2.05, 4.69) is 22.1 Å². The number of nitrogens with zero attached hydrogens (tertiary/aromatic N) is 3. The predicted molar refractivity (Wildman–Crippen MR) is 127 cm³/mol. The van der Waals surface area contributed by atoms with E-state index in [9.17, 15) is 4.79 Å². The molecular weight excluding hydrogens is 400 g/mol. The molecule has 32 heavy (non-hydrogen) atoms. The van der Waals surface area contributed by atoms with E-state index < -0.39 is 0 Å². The second kappa shape index (κ2) is 10.3. The van der Waals surface area contributed by atoms with Crippen LogP contribution in [0.5, 0.6) is 5.75 Å². The van der Waals surface area contributed by atoms with Crippen molar-refractivity contribution in [2.24, 2.45) is 5.92 Å². The van der Waals surface area contributed by atoms with Crippen molar-refractivity contribution in [1.29, 1.82) is 0 Å². The lowest BCUT2D eigenvalue weighted by Crippen LogP contribution is -2.35. The first kappa shape index (κ1) is 21.8. The fourth-order valence-electron chi connectivity index (χ4n) is 3.83. The molecule has 4 rings (SSSR count). The fourth-order valence-corrected chi connectivity index (χ4v) is 3.83. The standard InChI is InChI=1S/C26H30N4O2/c1-19-12-16-30(17-13-19)25-24(11-6-20(2)28-25)26(31)29-22-7-9-23(10-8-22)32-18-14-21-5-3-4-15-27-21/h3-11,15,19H,12-14,16-18H2,1-2H3,(H,29,31). The highest BCUT2D eigenvalue weighted by Crippen LogP contribution is 2.26. The van der Waals surface area contributed by atoms with Crippen LogP contribution in [0.15, 0.2) is 60.8 Å². The summed E-state index contributed by atoms with van der Waals surface area (Å²) in [5.41, 5.74) is 3.26. The first-order chi connectivity index (χ1) is 15.6. The molecule has 0 unspecified atom stereocenters. The van der Waals surface area contributed by atoms with Gasteiger partial charge in [-0.1, -0.05) is 13.0 Å². The topological polar surface area (TPSA) is 67.3 Å². The van der Waals surface area contributed by atoms with Gasteiger partial charge >= 0.3 is 0 Å². The quantitative estimate of drug-likeness (QED) is 0.578. The van der Waals surface area contributed by atoms with Gasteiger partial charge in [0.2, 0.25) is 0 Å². The van der Waals surface area contributed by atoms with Crippen LogP contribution in [0.1, 0.15) is 41.5 Å². The molecule has 1 aliphatic heterocycles. The maximum absolute atomic E-state index is 13.1. The van der Waals surface area contributed by atoms with Gasteiger partial charge in [0.25, 0.3) is 5.91 Å². The molecule has 0 saturated carbocycles. The van der Waals surface area contributed by atoms with Gasteiger partial charge in [-0.15, -0.1) is 0 Å². The smallest absolute Gasteiger partial charge is 0.259 e. The van der Waals surface area contributed by atoms with Crippen LogP contribution >= 0.6 is 0 Å². The van der Waals surface area contributed by atoms with Crippen molar-refractivity contribution in [3.63, 3.8) is 0 Å². The van der Waals surface area contributed by atoms with Crippen LogP contribution in [0.25, 0.3) is 0 Å². The third kappa shape index (κ3) is 5.63. The van der Waals surface area contributed by atoms with Crippen LogP contribution in [0.4, 0.5) is 11.5 Å². The monoisotopic (exact) mass is 430 g/mol. The number of nitrogens with one attached hydrogen (secondary N) is 1. The molecular formula is C26H30N4O2. The first-order valence-electron chi connectivity index (χ1n) is 11.3. The number of anilines is 2. The Balaban J connectivity index is 1.37. The highest BCUT2D eigenvalue weighted by atomic mass is 16.5. The molecule has 1 aromatic carbocycles. The Labute approximate surface area is 189 Å². The Morgan fingerprint density at radius 3 is 2.59 bits per heavy atom. The van der Waals surface area contributed by atoms with Gasteiger partial charge in [0, 0.05) is 42.8 Å². The predicted octanol–water partition coefficient (Wildman–Crippen LogP) is 4.90. The third-order valence-corrected chi connectivity index (χ3v) is 5.81. The molecule has 1 saturated heterocycles. The van der Waals surface area contributed by atoms with E-state index in [1.54, 1.807) is 6.20 Å². The second-order valence-electron chi connectivity index (χ2n) is 8.39.